The summed E-state index contributed by atoms with van der Waals surface area (Å²) in [5, 5.41) is 21.5. The van der Waals surface area contributed by atoms with Crippen molar-refractivity contribution in [2.45, 2.75) is 58.2 Å². The normalized spacial score (nSPS) is 12.3. The molecule has 0 fully saturated rings. The third-order valence-corrected chi connectivity index (χ3v) is 3.73. The molecule has 3 N–H and O–H groups in total. The summed E-state index contributed by atoms with van der Waals surface area (Å²) in [6.45, 7) is 5.92. The van der Waals surface area contributed by atoms with Gasteiger partial charge in [-0.05, 0) is 45.6 Å². The molecule has 1 rings (SSSR count). The van der Waals surface area contributed by atoms with Gasteiger partial charge in [-0.1, -0.05) is 30.3 Å². The van der Waals surface area contributed by atoms with Gasteiger partial charge >= 0.3 is 12.2 Å². The molecule has 1 aromatic rings. The molecule has 0 aliphatic carbocycles. The number of nitrogens with zero attached hydrogens (tertiary/aromatic N) is 1. The quantitative estimate of drug-likeness (QED) is 0.583. The van der Waals surface area contributed by atoms with Crippen molar-refractivity contribution in [3.05, 3.63) is 35.9 Å². The van der Waals surface area contributed by atoms with Crippen LogP contribution < -0.4 is 5.32 Å². The predicted molar refractivity (Wildman–Crippen MR) is 99.0 cm³/mol. The second kappa shape index (κ2) is 10.7. The lowest BCUT2D eigenvalue weighted by Crippen LogP contribution is -2.40. The molecule has 0 unspecified atom stereocenters. The summed E-state index contributed by atoms with van der Waals surface area (Å²) in [4.78, 5) is 24.7. The number of alkyl carbamates (subject to hydrolysis) is 1. The molecule has 0 heterocycles. The minimum absolute atomic E-state index is 0.0945. The average Bonchev–Trinajstić information content (AvgIpc) is 2.55. The maximum Gasteiger partial charge on any atom is 0.407 e. The van der Waals surface area contributed by atoms with Crippen LogP contribution in [0.25, 0.3) is 0 Å². The van der Waals surface area contributed by atoms with Gasteiger partial charge in [-0.3, -0.25) is 0 Å². The molecular formula is C19H30N2O5. The molecule has 0 aliphatic heterocycles. The summed E-state index contributed by atoms with van der Waals surface area (Å²) < 4.78 is 5.16. The highest BCUT2D eigenvalue weighted by Gasteiger charge is 2.23. The molecule has 0 aliphatic rings. The third-order valence-electron chi connectivity index (χ3n) is 3.73. The summed E-state index contributed by atoms with van der Waals surface area (Å²) >= 11 is 0. The van der Waals surface area contributed by atoms with Crippen LogP contribution in [0.4, 0.5) is 9.59 Å². The van der Waals surface area contributed by atoms with E-state index in [1.807, 2.05) is 30.3 Å². The highest BCUT2D eigenvalue weighted by Crippen LogP contribution is 2.16. The number of carbonyl (C=O) groups excluding carboxylic acids is 1. The second-order valence-corrected chi connectivity index (χ2v) is 7.13. The Bertz CT molecular complexity index is 557. The number of ether oxygens (including phenoxy) is 1. The fourth-order valence-electron chi connectivity index (χ4n) is 2.58. The van der Waals surface area contributed by atoms with E-state index in [1.54, 1.807) is 20.8 Å². The SMILES string of the molecule is CC(C)(C)OC(=O)NCCC[C@@H](CCO)N(Cc1ccccc1)C(=O)O. The number of carbonyl (C=O) groups is 2. The van der Waals surface area contributed by atoms with Crippen molar-refractivity contribution in [1.29, 1.82) is 0 Å². The number of hydrogen-bond acceptors (Lipinski definition) is 4. The van der Waals surface area contributed by atoms with Crippen molar-refractivity contribution in [2.75, 3.05) is 13.2 Å². The van der Waals surface area contributed by atoms with Gasteiger partial charge in [0.25, 0.3) is 0 Å². The van der Waals surface area contributed by atoms with E-state index in [4.69, 9.17) is 4.74 Å². The average molecular weight is 366 g/mol. The second-order valence-electron chi connectivity index (χ2n) is 7.13. The van der Waals surface area contributed by atoms with Crippen LogP contribution in [0.5, 0.6) is 0 Å². The predicted octanol–water partition coefficient (Wildman–Crippen LogP) is 3.22. The van der Waals surface area contributed by atoms with Crippen molar-refractivity contribution >= 4 is 12.2 Å². The highest BCUT2D eigenvalue weighted by atomic mass is 16.6. The van der Waals surface area contributed by atoms with Gasteiger partial charge in [0.1, 0.15) is 5.60 Å². The van der Waals surface area contributed by atoms with Crippen LogP contribution >= 0.6 is 0 Å². The summed E-state index contributed by atoms with van der Waals surface area (Å²) in [5.41, 5.74) is 0.337. The number of nitrogens with one attached hydrogen (secondary N) is 1. The van der Waals surface area contributed by atoms with E-state index in [-0.39, 0.29) is 19.2 Å². The molecule has 0 aromatic heterocycles. The van der Waals surface area contributed by atoms with E-state index < -0.39 is 17.8 Å². The van der Waals surface area contributed by atoms with Gasteiger partial charge in [0, 0.05) is 25.7 Å². The Morgan fingerprint density at radius 3 is 2.38 bits per heavy atom. The van der Waals surface area contributed by atoms with E-state index in [0.29, 0.717) is 25.8 Å². The monoisotopic (exact) mass is 366 g/mol. The standard InChI is InChI=1S/C19H30N2O5/c1-19(2,3)26-17(23)20-12-7-10-16(11-13-22)21(18(24)25)14-15-8-5-4-6-9-15/h4-6,8-9,16,22H,7,10-14H2,1-3H3,(H,20,23)(H,24,25)/t16-/m0/s1. The minimum Gasteiger partial charge on any atom is -0.465 e. The molecule has 0 saturated carbocycles. The smallest absolute Gasteiger partial charge is 0.407 e. The largest absolute Gasteiger partial charge is 0.465 e. The zero-order chi connectivity index (χ0) is 19.6. The first-order chi connectivity index (χ1) is 12.2. The van der Waals surface area contributed by atoms with Gasteiger partial charge in [0.05, 0.1) is 0 Å². The van der Waals surface area contributed by atoms with Crippen LogP contribution in [0.15, 0.2) is 30.3 Å². The number of amides is 2. The van der Waals surface area contributed by atoms with Crippen LogP contribution in [-0.2, 0) is 11.3 Å². The first kappa shape index (κ1) is 21.8. The molecule has 0 bridgehead atoms. The van der Waals surface area contributed by atoms with Gasteiger partial charge < -0.3 is 25.2 Å². The zero-order valence-electron chi connectivity index (χ0n) is 15.8. The topological polar surface area (TPSA) is 99.1 Å². The van der Waals surface area contributed by atoms with E-state index in [2.05, 4.69) is 5.32 Å². The van der Waals surface area contributed by atoms with Crippen molar-refractivity contribution in [3.8, 4) is 0 Å². The Morgan fingerprint density at radius 2 is 1.85 bits per heavy atom. The van der Waals surface area contributed by atoms with Crippen molar-refractivity contribution in [1.82, 2.24) is 10.2 Å². The first-order valence-electron chi connectivity index (χ1n) is 8.84. The molecule has 0 saturated heterocycles. The summed E-state index contributed by atoms with van der Waals surface area (Å²) in [7, 11) is 0. The summed E-state index contributed by atoms with van der Waals surface area (Å²) in [5.74, 6) is 0. The van der Waals surface area contributed by atoms with Crippen LogP contribution in [0, 0.1) is 0 Å². The molecule has 7 nitrogen and oxygen atoms in total. The van der Waals surface area contributed by atoms with Gasteiger partial charge in [-0.25, -0.2) is 9.59 Å². The Morgan fingerprint density at radius 1 is 1.19 bits per heavy atom. The molecule has 1 aromatic carbocycles. The maximum absolute atomic E-state index is 11.7. The number of aliphatic hydroxyl groups is 1. The maximum atomic E-state index is 11.7. The lowest BCUT2D eigenvalue weighted by atomic mass is 10.1. The molecule has 1 atom stereocenters. The molecule has 26 heavy (non-hydrogen) atoms. The Labute approximate surface area is 155 Å². The Kier molecular flexibility index (Phi) is 8.92. The lowest BCUT2D eigenvalue weighted by molar-refractivity contribution is 0.0523. The molecular weight excluding hydrogens is 336 g/mol. The fraction of sp³-hybridized carbons (Fsp3) is 0.579. The van der Waals surface area contributed by atoms with Crippen molar-refractivity contribution in [2.24, 2.45) is 0 Å². The summed E-state index contributed by atoms with van der Waals surface area (Å²) in [6.07, 6.45) is -0.0354. The van der Waals surface area contributed by atoms with Crippen molar-refractivity contribution < 1.29 is 24.5 Å². The van der Waals surface area contributed by atoms with Crippen molar-refractivity contribution in [3.63, 3.8) is 0 Å². The zero-order valence-corrected chi connectivity index (χ0v) is 15.8. The third kappa shape index (κ3) is 8.71. The van der Waals surface area contributed by atoms with Crippen LogP contribution in [0.1, 0.15) is 45.6 Å². The molecule has 0 spiro atoms. The molecule has 7 heteroatoms. The van der Waals surface area contributed by atoms with Crippen LogP contribution in [0.3, 0.4) is 0 Å². The summed E-state index contributed by atoms with van der Waals surface area (Å²) in [6, 6.07) is 9.02. The van der Waals surface area contributed by atoms with Crippen LogP contribution in [-0.4, -0.2) is 52.1 Å². The number of hydrogen-bond donors (Lipinski definition) is 3. The van der Waals surface area contributed by atoms with E-state index in [9.17, 15) is 19.8 Å². The number of rotatable bonds is 9. The fourth-order valence-corrected chi connectivity index (χ4v) is 2.58. The molecule has 2 amide bonds. The number of carboxylic acid groups (broad SMARTS) is 1. The molecule has 0 radical (unpaired) electrons. The van der Waals surface area contributed by atoms with E-state index in [1.165, 1.54) is 4.90 Å². The highest BCUT2D eigenvalue weighted by molar-refractivity contribution is 5.67. The number of aliphatic hydroxyl groups excluding tert-OH is 1. The van der Waals surface area contributed by atoms with Gasteiger partial charge in [-0.2, -0.15) is 0 Å². The Hall–Kier alpha value is -2.28. The number of benzene rings is 1. The van der Waals surface area contributed by atoms with Crippen LogP contribution in [0.2, 0.25) is 0 Å². The minimum atomic E-state index is -1.02. The van der Waals surface area contributed by atoms with Gasteiger partial charge in [0.15, 0.2) is 0 Å². The van der Waals surface area contributed by atoms with Gasteiger partial charge in [-0.15, -0.1) is 0 Å². The lowest BCUT2D eigenvalue weighted by Gasteiger charge is -2.29. The Balaban J connectivity index is 2.56. The van der Waals surface area contributed by atoms with Gasteiger partial charge in [0.2, 0.25) is 0 Å². The molecule has 146 valence electrons. The van der Waals surface area contributed by atoms with E-state index in [0.717, 1.165) is 5.56 Å². The first-order valence-corrected chi connectivity index (χ1v) is 8.84. The van der Waals surface area contributed by atoms with E-state index >= 15 is 0 Å².